The van der Waals surface area contributed by atoms with Crippen LogP contribution in [0.3, 0.4) is 0 Å². The van der Waals surface area contributed by atoms with E-state index in [1.165, 1.54) is 38.7 Å². The van der Waals surface area contributed by atoms with Crippen LogP contribution in [0.2, 0.25) is 0 Å². The monoisotopic (exact) mass is 472 g/mol. The van der Waals surface area contributed by atoms with Crippen LogP contribution in [0.15, 0.2) is 60.7 Å². The first-order chi connectivity index (χ1) is 14.7. The van der Waals surface area contributed by atoms with Gasteiger partial charge in [0.1, 0.15) is 0 Å². The third-order valence-electron chi connectivity index (χ3n) is 3.20. The lowest BCUT2D eigenvalue weighted by atomic mass is 10.1. The van der Waals surface area contributed by atoms with Gasteiger partial charge in [-0.15, -0.1) is 0 Å². The highest BCUT2D eigenvalue weighted by Crippen LogP contribution is 2.36. The van der Waals surface area contributed by atoms with Gasteiger partial charge in [0, 0.05) is 27.5 Å². The van der Waals surface area contributed by atoms with E-state index in [0.717, 1.165) is 6.42 Å². The molecule has 2 aromatic carbocycles. The van der Waals surface area contributed by atoms with Crippen molar-refractivity contribution in [1.82, 2.24) is 0 Å². The van der Waals surface area contributed by atoms with Gasteiger partial charge in [0.15, 0.2) is 0 Å². The van der Waals surface area contributed by atoms with Crippen molar-refractivity contribution in [2.75, 3.05) is 27.5 Å². The average Bonchev–Trinajstić information content (AvgIpc) is 2.84. The molecular weight excluding hydrogens is 434 g/mol. The minimum absolute atomic E-state index is 0.326. The van der Waals surface area contributed by atoms with Gasteiger partial charge in [-0.25, -0.2) is 0 Å². The smallest absolute Gasteiger partial charge is 0.260 e. The molecule has 0 saturated heterocycles. The molecule has 6 nitrogen and oxygen atoms in total. The Hall–Kier alpha value is -1.84. The molecule has 0 spiro atoms. The molecule has 2 atom stereocenters. The molecule has 2 unspecified atom stereocenters. The van der Waals surface area contributed by atoms with E-state index in [1.54, 1.807) is 0 Å². The highest BCUT2D eigenvalue weighted by Gasteiger charge is 2.09. The zero-order valence-corrected chi connectivity index (χ0v) is 21.8. The van der Waals surface area contributed by atoms with Crippen LogP contribution >= 0.6 is 14.7 Å². The minimum Gasteiger partial charge on any atom is -0.327 e. The van der Waals surface area contributed by atoms with E-state index < -0.39 is 14.7 Å². The third kappa shape index (κ3) is 21.2. The largest absolute Gasteiger partial charge is 0.327 e. The molecule has 2 rings (SSSR count). The maximum atomic E-state index is 10.4. The molecule has 0 fully saturated rings. The Labute approximate surface area is 188 Å². The van der Waals surface area contributed by atoms with E-state index in [2.05, 4.69) is 69.7 Å². The van der Waals surface area contributed by atoms with Crippen LogP contribution in [0.25, 0.3) is 0 Å². The van der Waals surface area contributed by atoms with Crippen molar-refractivity contribution in [2.24, 2.45) is 0 Å². The van der Waals surface area contributed by atoms with Gasteiger partial charge >= 0.3 is 0 Å². The summed E-state index contributed by atoms with van der Waals surface area (Å²) in [5.41, 5.74) is 2.74. The summed E-state index contributed by atoms with van der Waals surface area (Å²) < 4.78 is 29.3. The summed E-state index contributed by atoms with van der Waals surface area (Å²) in [4.78, 5) is 19.3. The maximum Gasteiger partial charge on any atom is 0.260 e. The second-order valence-corrected chi connectivity index (χ2v) is 10.3. The van der Waals surface area contributed by atoms with E-state index in [4.69, 9.17) is 0 Å². The van der Waals surface area contributed by atoms with Gasteiger partial charge in [0.2, 0.25) is 12.1 Å². The van der Waals surface area contributed by atoms with Crippen molar-refractivity contribution in [2.45, 2.75) is 34.1 Å². The molecule has 8 heteroatoms. The quantitative estimate of drug-likeness (QED) is 0.340. The molecule has 0 heterocycles. The van der Waals surface area contributed by atoms with Gasteiger partial charge in [-0.3, -0.25) is 18.7 Å². The number of hydrogen-bond acceptors (Lipinski definition) is 6. The minimum atomic E-state index is -2.83. The summed E-state index contributed by atoms with van der Waals surface area (Å²) in [5.74, 6) is 0. The summed E-state index contributed by atoms with van der Waals surface area (Å²) in [6.07, 6.45) is 1.03. The summed E-state index contributed by atoms with van der Waals surface area (Å²) in [7, 11) is -3.18. The number of carbonyl (C=O) groups excluding carboxylic acids is 2. The van der Waals surface area contributed by atoms with Crippen molar-refractivity contribution in [3.05, 3.63) is 71.8 Å². The Balaban J connectivity index is -0.000000377. The fourth-order valence-corrected chi connectivity index (χ4v) is 1.69. The summed E-state index contributed by atoms with van der Waals surface area (Å²) >= 11 is 0. The highest BCUT2D eigenvalue weighted by molar-refractivity contribution is 7.73. The molecule has 0 saturated carbocycles. The topological polar surface area (TPSA) is 86.7 Å². The van der Waals surface area contributed by atoms with Gasteiger partial charge in [-0.1, -0.05) is 88.4 Å². The molecule has 0 amide bonds. The Kier molecular flexibility index (Phi) is 23.3. The Morgan fingerprint density at radius 1 is 0.645 bits per heavy atom. The first-order valence-corrected chi connectivity index (χ1v) is 14.2. The van der Waals surface area contributed by atoms with Gasteiger partial charge in [-0.2, -0.15) is 0 Å². The van der Waals surface area contributed by atoms with Gasteiger partial charge in [0.05, 0.1) is 0 Å². The lowest BCUT2D eigenvalue weighted by Crippen LogP contribution is -1.85. The molecule has 0 N–H and O–H groups in total. The van der Waals surface area contributed by atoms with Crippen molar-refractivity contribution >= 4 is 26.8 Å². The highest BCUT2D eigenvalue weighted by atomic mass is 31.2. The molecule has 176 valence electrons. The number of carbonyl (C=O) groups is 2. The zero-order chi connectivity index (χ0) is 24.8. The molecular formula is C23H38O6P2. The Morgan fingerprint density at radius 2 is 0.903 bits per heavy atom. The van der Waals surface area contributed by atoms with Crippen molar-refractivity contribution in [1.29, 1.82) is 0 Å². The summed E-state index contributed by atoms with van der Waals surface area (Å²) in [6.45, 7) is 10.5. The van der Waals surface area contributed by atoms with Crippen LogP contribution in [0.1, 0.15) is 38.8 Å². The van der Waals surface area contributed by atoms with Crippen LogP contribution in [0.4, 0.5) is 0 Å². The molecule has 0 radical (unpaired) electrons. The predicted octanol–water partition coefficient (Wildman–Crippen LogP) is 6.79. The van der Waals surface area contributed by atoms with Crippen LogP contribution in [0, 0.1) is 0 Å². The molecule has 0 aliphatic carbocycles. The van der Waals surface area contributed by atoms with Crippen molar-refractivity contribution in [3.63, 3.8) is 0 Å². The molecule has 0 aromatic heterocycles. The van der Waals surface area contributed by atoms with E-state index in [-0.39, 0.29) is 0 Å². The number of hydrogen-bond donors (Lipinski definition) is 0. The molecule has 0 aliphatic heterocycles. The molecule has 0 aliphatic rings. The molecule has 0 bridgehead atoms. The zero-order valence-electron chi connectivity index (χ0n) is 20.0. The predicted molar refractivity (Wildman–Crippen MR) is 133 cm³/mol. The second kappa shape index (κ2) is 21.4. The number of rotatable bonds is 6. The van der Waals surface area contributed by atoms with Gasteiger partial charge < -0.3 is 9.05 Å². The standard InChI is InChI=1S/C13H12.2C3H7O3P.2C2H6/c1-3-7-12(8-4-1)11-13-9-5-2-6-10-13;2*1-6-7(2,5)3-4;2*1-2/h1-10H,11H2;2*3H,1-2H3;2*1-2H3. The second-order valence-electron chi connectivity index (χ2n) is 5.54. The van der Waals surface area contributed by atoms with Crippen molar-refractivity contribution in [3.8, 4) is 0 Å². The fraction of sp³-hybridized carbons (Fsp3) is 0.391. The average molecular weight is 472 g/mol. The SMILES string of the molecule is CC.CC.COP(C)(=O)C=O.COP(C)(=O)C=O.c1ccc(Cc2ccccc2)cc1. The lowest BCUT2D eigenvalue weighted by molar-refractivity contribution is 0.406. The van der Waals surface area contributed by atoms with Crippen LogP contribution in [0.5, 0.6) is 0 Å². The lowest BCUT2D eigenvalue weighted by Gasteiger charge is -2.00. The molecule has 2 aromatic rings. The van der Waals surface area contributed by atoms with E-state index in [0.29, 0.717) is 12.1 Å². The van der Waals surface area contributed by atoms with Gasteiger partial charge in [-0.05, 0) is 17.5 Å². The first-order valence-electron chi connectivity index (χ1n) is 9.96. The van der Waals surface area contributed by atoms with Crippen molar-refractivity contribution < 1.29 is 27.8 Å². The normalized spacial score (nSPS) is 12.6. The van der Waals surface area contributed by atoms with Crippen LogP contribution in [-0.4, -0.2) is 39.6 Å². The Morgan fingerprint density at radius 3 is 1.06 bits per heavy atom. The summed E-state index contributed by atoms with van der Waals surface area (Å²) in [6, 6.07) is 21.7. The Bertz CT molecular complexity index is 699. The number of benzene rings is 2. The first kappa shape index (κ1) is 33.8. The third-order valence-corrected chi connectivity index (χ3v) is 5.42. The maximum absolute atomic E-state index is 10.4. The van der Waals surface area contributed by atoms with Gasteiger partial charge in [0.25, 0.3) is 14.7 Å². The van der Waals surface area contributed by atoms with Crippen LogP contribution < -0.4 is 0 Å². The fourth-order valence-electron chi connectivity index (χ4n) is 1.51. The molecule has 31 heavy (non-hydrogen) atoms. The van der Waals surface area contributed by atoms with E-state index >= 15 is 0 Å². The van der Waals surface area contributed by atoms with E-state index in [1.807, 2.05) is 27.7 Å². The van der Waals surface area contributed by atoms with E-state index in [9.17, 15) is 18.7 Å². The van der Waals surface area contributed by atoms with Crippen LogP contribution in [-0.2, 0) is 34.2 Å². The summed E-state index contributed by atoms with van der Waals surface area (Å²) in [5, 5.41) is 0.